The van der Waals surface area contributed by atoms with Crippen molar-refractivity contribution >= 4 is 11.6 Å². The molecule has 0 unspecified atom stereocenters. The van der Waals surface area contributed by atoms with Crippen molar-refractivity contribution in [2.45, 2.75) is 6.36 Å². The summed E-state index contributed by atoms with van der Waals surface area (Å²) in [5.74, 6) is -1.05. The molecule has 0 radical (unpaired) electrons. The summed E-state index contributed by atoms with van der Waals surface area (Å²) < 4.78 is 39.1. The lowest BCUT2D eigenvalue weighted by Crippen LogP contribution is -2.17. The Morgan fingerprint density at radius 2 is 1.88 bits per heavy atom. The second-order valence-corrected chi connectivity index (χ2v) is 2.91. The van der Waals surface area contributed by atoms with Gasteiger partial charge >= 0.3 is 6.36 Å². The molecule has 0 fully saturated rings. The van der Waals surface area contributed by atoms with E-state index < -0.39 is 24.6 Å². The minimum absolute atomic E-state index is 0.244. The summed E-state index contributed by atoms with van der Waals surface area (Å²) in [5, 5.41) is 4.63. The van der Waals surface area contributed by atoms with E-state index in [2.05, 4.69) is 15.2 Å². The molecule has 0 saturated heterocycles. The van der Waals surface area contributed by atoms with E-state index in [0.29, 0.717) is 0 Å². The Hall–Kier alpha value is -2.12. The van der Waals surface area contributed by atoms with Crippen molar-refractivity contribution in [1.29, 1.82) is 0 Å². The Labute approximate surface area is 93.5 Å². The van der Waals surface area contributed by atoms with Crippen LogP contribution in [0.25, 0.3) is 0 Å². The molecule has 1 aromatic carbocycles. The van der Waals surface area contributed by atoms with Crippen LogP contribution in [0.1, 0.15) is 0 Å². The second-order valence-electron chi connectivity index (χ2n) is 2.91. The summed E-state index contributed by atoms with van der Waals surface area (Å²) in [4.78, 5) is 20.7. The molecule has 1 amide bonds. The van der Waals surface area contributed by atoms with Crippen molar-refractivity contribution in [1.82, 2.24) is 0 Å². The fourth-order valence-electron chi connectivity index (χ4n) is 0.999. The Kier molecular flexibility index (Phi) is 4.02. The summed E-state index contributed by atoms with van der Waals surface area (Å²) in [5.41, 5.74) is 0.244. The van der Waals surface area contributed by atoms with Crippen LogP contribution >= 0.6 is 0 Å². The lowest BCUT2D eigenvalue weighted by Gasteiger charge is -2.09. The van der Waals surface area contributed by atoms with Gasteiger partial charge in [0.05, 0.1) is 0 Å². The summed E-state index contributed by atoms with van der Waals surface area (Å²) in [7, 11) is 0. The molecule has 0 saturated carbocycles. The average molecular weight is 248 g/mol. The number of rotatable bonds is 4. The number of nitroso groups, excluding NO2 is 1. The van der Waals surface area contributed by atoms with Gasteiger partial charge in [0.15, 0.2) is 6.54 Å². The number of nitrogens with one attached hydrogen (secondary N) is 1. The molecule has 0 atom stereocenters. The molecule has 0 bridgehead atoms. The quantitative estimate of drug-likeness (QED) is 0.831. The van der Waals surface area contributed by atoms with Gasteiger partial charge in [-0.25, -0.2) is 0 Å². The van der Waals surface area contributed by atoms with E-state index in [1.165, 1.54) is 12.1 Å². The number of carbonyl (C=O) groups is 1. The fraction of sp³-hybridized carbons (Fsp3) is 0.222. The van der Waals surface area contributed by atoms with Crippen LogP contribution in [-0.4, -0.2) is 18.8 Å². The summed E-state index contributed by atoms with van der Waals surface area (Å²) >= 11 is 0. The van der Waals surface area contributed by atoms with Gasteiger partial charge in [-0.1, -0.05) is 5.18 Å². The van der Waals surface area contributed by atoms with Gasteiger partial charge in [0.1, 0.15) is 5.75 Å². The van der Waals surface area contributed by atoms with E-state index in [0.717, 1.165) is 12.1 Å². The number of hydrogen-bond donors (Lipinski definition) is 1. The summed E-state index contributed by atoms with van der Waals surface area (Å²) in [6.45, 7) is -0.555. The first-order valence-electron chi connectivity index (χ1n) is 4.35. The zero-order valence-electron chi connectivity index (χ0n) is 8.32. The van der Waals surface area contributed by atoms with E-state index in [1.54, 1.807) is 0 Å². The largest absolute Gasteiger partial charge is 0.573 e. The van der Waals surface area contributed by atoms with Crippen molar-refractivity contribution in [2.75, 3.05) is 11.9 Å². The minimum Gasteiger partial charge on any atom is -0.406 e. The third-order valence-electron chi connectivity index (χ3n) is 1.58. The first kappa shape index (κ1) is 12.9. The molecule has 0 heterocycles. The number of alkyl halides is 3. The van der Waals surface area contributed by atoms with Gasteiger partial charge in [-0.05, 0) is 24.3 Å². The SMILES string of the molecule is O=NCC(=O)Nc1ccc(OC(F)(F)F)cc1. The topological polar surface area (TPSA) is 67.8 Å². The first-order chi connectivity index (χ1) is 7.90. The van der Waals surface area contributed by atoms with E-state index >= 15 is 0 Å². The van der Waals surface area contributed by atoms with Gasteiger partial charge in [-0.15, -0.1) is 13.2 Å². The molecule has 0 aliphatic heterocycles. The highest BCUT2D eigenvalue weighted by atomic mass is 19.4. The molecular weight excluding hydrogens is 241 g/mol. The van der Waals surface area contributed by atoms with Gasteiger partial charge in [-0.3, -0.25) is 4.79 Å². The van der Waals surface area contributed by atoms with Crippen molar-refractivity contribution in [3.05, 3.63) is 29.2 Å². The highest BCUT2D eigenvalue weighted by Crippen LogP contribution is 2.23. The number of halogens is 3. The van der Waals surface area contributed by atoms with Gasteiger partial charge in [0.2, 0.25) is 5.91 Å². The van der Waals surface area contributed by atoms with Crippen molar-refractivity contribution in [3.63, 3.8) is 0 Å². The zero-order chi connectivity index (χ0) is 12.9. The standard InChI is InChI=1S/C9H7F3N2O3/c10-9(11,12)17-7-3-1-6(2-4-7)14-8(15)5-13-16/h1-4H,5H2,(H,14,15). The predicted molar refractivity (Wildman–Crippen MR) is 52.4 cm³/mol. The number of ether oxygens (including phenoxy) is 1. The molecule has 5 nitrogen and oxygen atoms in total. The van der Waals surface area contributed by atoms with Gasteiger partial charge in [-0.2, -0.15) is 4.91 Å². The number of hydrogen-bond acceptors (Lipinski definition) is 4. The van der Waals surface area contributed by atoms with Crippen LogP contribution < -0.4 is 10.1 Å². The van der Waals surface area contributed by atoms with Crippen LogP contribution in [0.5, 0.6) is 5.75 Å². The molecule has 1 N–H and O–H groups in total. The minimum atomic E-state index is -4.76. The van der Waals surface area contributed by atoms with Crippen molar-refractivity contribution in [2.24, 2.45) is 5.18 Å². The Balaban J connectivity index is 2.62. The molecule has 0 aliphatic rings. The van der Waals surface area contributed by atoms with Crippen LogP contribution in [0, 0.1) is 4.91 Å². The second kappa shape index (κ2) is 5.28. The number of benzene rings is 1. The third-order valence-corrected chi connectivity index (χ3v) is 1.58. The molecule has 0 aromatic heterocycles. The van der Waals surface area contributed by atoms with Crippen molar-refractivity contribution < 1.29 is 22.7 Å². The number of nitrogens with zero attached hydrogens (tertiary/aromatic N) is 1. The number of anilines is 1. The normalized spacial score (nSPS) is 10.8. The maximum atomic E-state index is 11.8. The monoisotopic (exact) mass is 248 g/mol. The Morgan fingerprint density at radius 3 is 2.35 bits per heavy atom. The molecule has 92 valence electrons. The van der Waals surface area contributed by atoms with Crippen molar-refractivity contribution in [3.8, 4) is 5.75 Å². The number of amides is 1. The van der Waals surface area contributed by atoms with E-state index in [4.69, 9.17) is 0 Å². The molecule has 1 rings (SSSR count). The molecular formula is C9H7F3N2O3. The zero-order valence-corrected chi connectivity index (χ0v) is 8.32. The maximum Gasteiger partial charge on any atom is 0.573 e. The molecule has 0 aliphatic carbocycles. The Morgan fingerprint density at radius 1 is 1.29 bits per heavy atom. The van der Waals surface area contributed by atoms with Crippen LogP contribution in [0.3, 0.4) is 0 Å². The van der Waals surface area contributed by atoms with E-state index in [9.17, 15) is 22.9 Å². The highest BCUT2D eigenvalue weighted by Gasteiger charge is 2.30. The molecule has 0 spiro atoms. The predicted octanol–water partition coefficient (Wildman–Crippen LogP) is 2.29. The Bertz CT molecular complexity index is 403. The summed E-state index contributed by atoms with van der Waals surface area (Å²) in [6.07, 6.45) is -4.76. The molecule has 1 aromatic rings. The van der Waals surface area contributed by atoms with Gasteiger partial charge in [0.25, 0.3) is 0 Å². The van der Waals surface area contributed by atoms with Crippen LogP contribution in [-0.2, 0) is 4.79 Å². The van der Waals surface area contributed by atoms with Crippen LogP contribution in [0.15, 0.2) is 29.4 Å². The molecule has 17 heavy (non-hydrogen) atoms. The maximum absolute atomic E-state index is 11.8. The van der Waals surface area contributed by atoms with Crippen LogP contribution in [0.4, 0.5) is 18.9 Å². The first-order valence-corrected chi connectivity index (χ1v) is 4.35. The highest BCUT2D eigenvalue weighted by molar-refractivity contribution is 5.92. The fourth-order valence-corrected chi connectivity index (χ4v) is 0.999. The average Bonchev–Trinajstić information content (AvgIpc) is 2.19. The smallest absolute Gasteiger partial charge is 0.406 e. The van der Waals surface area contributed by atoms with Crippen LogP contribution in [0.2, 0.25) is 0 Å². The van der Waals surface area contributed by atoms with E-state index in [1.807, 2.05) is 0 Å². The van der Waals surface area contributed by atoms with Gasteiger partial charge < -0.3 is 10.1 Å². The third kappa shape index (κ3) is 4.96. The lowest BCUT2D eigenvalue weighted by molar-refractivity contribution is -0.274. The van der Waals surface area contributed by atoms with Gasteiger partial charge in [0, 0.05) is 5.69 Å². The molecule has 8 heteroatoms. The lowest BCUT2D eigenvalue weighted by atomic mass is 10.3. The summed E-state index contributed by atoms with van der Waals surface area (Å²) in [6, 6.07) is 4.50. The van der Waals surface area contributed by atoms with E-state index in [-0.39, 0.29) is 5.69 Å². The number of carbonyl (C=O) groups excluding carboxylic acids is 1.